The van der Waals surface area contributed by atoms with Crippen molar-refractivity contribution in [1.82, 2.24) is 9.55 Å². The Morgan fingerprint density at radius 3 is 2.88 bits per heavy atom. The first-order valence-corrected chi connectivity index (χ1v) is 6.33. The van der Waals surface area contributed by atoms with E-state index < -0.39 is 0 Å². The number of nitrogens with zero attached hydrogens (tertiary/aromatic N) is 2. The number of aromatic nitrogens is 2. The Morgan fingerprint density at radius 2 is 2.18 bits per heavy atom. The van der Waals surface area contributed by atoms with Crippen molar-refractivity contribution in [3.05, 3.63) is 18.2 Å². The summed E-state index contributed by atoms with van der Waals surface area (Å²) in [5.74, 6) is 0.236. The van der Waals surface area contributed by atoms with E-state index in [0.717, 1.165) is 25.7 Å². The average Bonchev–Trinajstić information content (AvgIpc) is 3.06. The smallest absolute Gasteiger partial charge is 0.184 e. The van der Waals surface area contributed by atoms with Crippen molar-refractivity contribution in [2.75, 3.05) is 0 Å². The number of imidazole rings is 1. The highest BCUT2D eigenvalue weighted by Gasteiger charge is 2.32. The zero-order chi connectivity index (χ0) is 11.8. The highest BCUT2D eigenvalue weighted by atomic mass is 16.1. The summed E-state index contributed by atoms with van der Waals surface area (Å²) in [6.45, 7) is 0. The van der Waals surface area contributed by atoms with E-state index in [1.54, 1.807) is 12.5 Å². The minimum atomic E-state index is -0.106. The zero-order valence-corrected chi connectivity index (χ0v) is 9.76. The number of hydrogen-bond acceptors (Lipinski definition) is 3. The van der Waals surface area contributed by atoms with E-state index in [1.165, 1.54) is 0 Å². The monoisotopic (exact) mass is 232 g/mol. The van der Waals surface area contributed by atoms with Crippen molar-refractivity contribution in [1.29, 1.82) is 0 Å². The molecule has 2 aliphatic rings. The van der Waals surface area contributed by atoms with E-state index in [2.05, 4.69) is 4.98 Å². The number of carbonyl (C=O) groups is 2. The molecule has 1 aromatic rings. The summed E-state index contributed by atoms with van der Waals surface area (Å²) in [5.41, 5.74) is 0.701. The van der Waals surface area contributed by atoms with Crippen LogP contribution in [0.25, 0.3) is 0 Å². The second-order valence-corrected chi connectivity index (χ2v) is 5.11. The summed E-state index contributed by atoms with van der Waals surface area (Å²) in [4.78, 5) is 27.8. The molecule has 0 bridgehead atoms. The number of carbonyl (C=O) groups excluding carboxylic acids is 2. The van der Waals surface area contributed by atoms with Gasteiger partial charge in [-0.3, -0.25) is 9.59 Å². The molecule has 2 aliphatic carbocycles. The van der Waals surface area contributed by atoms with E-state index in [-0.39, 0.29) is 17.5 Å². The molecule has 0 saturated heterocycles. The fraction of sp³-hybridized carbons (Fsp3) is 0.615. The molecule has 1 aromatic heterocycles. The van der Waals surface area contributed by atoms with Crippen molar-refractivity contribution >= 4 is 11.6 Å². The Balaban J connectivity index is 1.80. The third kappa shape index (κ3) is 2.04. The van der Waals surface area contributed by atoms with Crippen molar-refractivity contribution in [3.63, 3.8) is 0 Å². The van der Waals surface area contributed by atoms with Crippen LogP contribution in [0, 0.1) is 5.92 Å². The van der Waals surface area contributed by atoms with E-state index in [1.807, 2.05) is 4.57 Å². The topological polar surface area (TPSA) is 52.0 Å². The van der Waals surface area contributed by atoms with Gasteiger partial charge in [-0.25, -0.2) is 4.98 Å². The minimum Gasteiger partial charge on any atom is -0.325 e. The fourth-order valence-electron chi connectivity index (χ4n) is 2.60. The van der Waals surface area contributed by atoms with Gasteiger partial charge >= 0.3 is 0 Å². The van der Waals surface area contributed by atoms with Gasteiger partial charge in [0, 0.05) is 24.8 Å². The van der Waals surface area contributed by atoms with Crippen molar-refractivity contribution in [2.24, 2.45) is 5.92 Å². The molecule has 0 radical (unpaired) electrons. The predicted octanol–water partition coefficient (Wildman–Crippen LogP) is 2.16. The highest BCUT2D eigenvalue weighted by molar-refractivity contribution is 5.99. The summed E-state index contributed by atoms with van der Waals surface area (Å²) in [7, 11) is 0. The molecule has 2 fully saturated rings. The Morgan fingerprint density at radius 1 is 1.35 bits per heavy atom. The summed E-state index contributed by atoms with van der Waals surface area (Å²) in [6, 6.07) is 0.468. The number of Topliss-reactive ketones (excluding diaryl/α,β-unsaturated/α-hetero) is 2. The van der Waals surface area contributed by atoms with Crippen LogP contribution in [0.5, 0.6) is 0 Å². The third-order valence-electron chi connectivity index (χ3n) is 3.71. The molecule has 0 N–H and O–H groups in total. The maximum atomic E-state index is 12.3. The number of rotatable bonds is 3. The second kappa shape index (κ2) is 4.09. The third-order valence-corrected chi connectivity index (χ3v) is 3.71. The summed E-state index contributed by atoms with van der Waals surface area (Å²) >= 11 is 0. The molecule has 2 saturated carbocycles. The highest BCUT2D eigenvalue weighted by Crippen LogP contribution is 2.36. The van der Waals surface area contributed by atoms with Crippen molar-refractivity contribution < 1.29 is 9.59 Å². The van der Waals surface area contributed by atoms with Crippen LogP contribution in [-0.4, -0.2) is 21.1 Å². The average molecular weight is 232 g/mol. The van der Waals surface area contributed by atoms with E-state index in [4.69, 9.17) is 0 Å². The van der Waals surface area contributed by atoms with Gasteiger partial charge in [-0.15, -0.1) is 0 Å². The maximum Gasteiger partial charge on any atom is 0.184 e. The lowest BCUT2D eigenvalue weighted by molar-refractivity contribution is -0.121. The molecule has 1 heterocycles. The van der Waals surface area contributed by atoms with Gasteiger partial charge in [0.15, 0.2) is 5.78 Å². The number of hydrogen-bond donors (Lipinski definition) is 0. The van der Waals surface area contributed by atoms with Crippen LogP contribution in [0.1, 0.15) is 55.1 Å². The first-order valence-electron chi connectivity index (χ1n) is 6.33. The summed E-state index contributed by atoms with van der Waals surface area (Å²) in [6.07, 6.45) is 8.45. The Hall–Kier alpha value is -1.45. The Labute approximate surface area is 100 Å². The molecule has 4 heteroatoms. The second-order valence-electron chi connectivity index (χ2n) is 5.11. The molecule has 3 rings (SSSR count). The molecule has 0 amide bonds. The van der Waals surface area contributed by atoms with Crippen molar-refractivity contribution in [2.45, 2.75) is 44.6 Å². The Bertz CT molecular complexity index is 460. The summed E-state index contributed by atoms with van der Waals surface area (Å²) < 4.78 is 1.99. The van der Waals surface area contributed by atoms with E-state index >= 15 is 0 Å². The molecule has 0 aromatic carbocycles. The standard InChI is InChI=1S/C13H16N2O2/c16-11-3-1-2-9(6-11)13(17)12-7-14-8-15(12)10-4-5-10/h7-10H,1-6H2. The molecule has 0 aliphatic heterocycles. The zero-order valence-electron chi connectivity index (χ0n) is 9.76. The van der Waals surface area contributed by atoms with Gasteiger partial charge in [-0.2, -0.15) is 0 Å². The van der Waals surface area contributed by atoms with Crippen LogP contribution in [-0.2, 0) is 4.79 Å². The van der Waals surface area contributed by atoms with Crippen LogP contribution in [0.4, 0.5) is 0 Å². The Kier molecular flexibility index (Phi) is 2.57. The lowest BCUT2D eigenvalue weighted by Gasteiger charge is -2.19. The molecular weight excluding hydrogens is 216 g/mol. The lowest BCUT2D eigenvalue weighted by Crippen LogP contribution is -2.24. The summed E-state index contributed by atoms with van der Waals surface area (Å²) in [5, 5.41) is 0. The van der Waals surface area contributed by atoms with E-state index in [0.29, 0.717) is 24.6 Å². The van der Waals surface area contributed by atoms with Crippen LogP contribution in [0.2, 0.25) is 0 Å². The normalized spacial score (nSPS) is 24.9. The van der Waals surface area contributed by atoms with Crippen LogP contribution in [0.15, 0.2) is 12.5 Å². The van der Waals surface area contributed by atoms with Gasteiger partial charge in [-0.05, 0) is 25.7 Å². The molecular formula is C13H16N2O2. The molecule has 1 atom stereocenters. The minimum absolute atomic E-state index is 0.106. The van der Waals surface area contributed by atoms with Crippen LogP contribution in [0.3, 0.4) is 0 Å². The molecule has 4 nitrogen and oxygen atoms in total. The molecule has 1 unspecified atom stereocenters. The van der Waals surface area contributed by atoms with Gasteiger partial charge < -0.3 is 4.57 Å². The van der Waals surface area contributed by atoms with Gasteiger partial charge in [0.25, 0.3) is 0 Å². The quantitative estimate of drug-likeness (QED) is 0.750. The van der Waals surface area contributed by atoms with E-state index in [9.17, 15) is 9.59 Å². The molecule has 90 valence electrons. The van der Waals surface area contributed by atoms with Gasteiger partial charge in [-0.1, -0.05) is 0 Å². The maximum absolute atomic E-state index is 12.3. The fourth-order valence-corrected chi connectivity index (χ4v) is 2.60. The van der Waals surface area contributed by atoms with Crippen molar-refractivity contribution in [3.8, 4) is 0 Å². The van der Waals surface area contributed by atoms with Crippen LogP contribution < -0.4 is 0 Å². The first kappa shape index (κ1) is 10.7. The largest absolute Gasteiger partial charge is 0.325 e. The van der Waals surface area contributed by atoms with Crippen LogP contribution >= 0.6 is 0 Å². The predicted molar refractivity (Wildman–Crippen MR) is 61.8 cm³/mol. The first-order chi connectivity index (χ1) is 8.25. The molecule has 17 heavy (non-hydrogen) atoms. The lowest BCUT2D eigenvalue weighted by atomic mass is 9.84. The molecule has 0 spiro atoms. The van der Waals surface area contributed by atoms with Gasteiger partial charge in [0.2, 0.25) is 0 Å². The number of ketones is 2. The van der Waals surface area contributed by atoms with Gasteiger partial charge in [0.1, 0.15) is 11.5 Å². The van der Waals surface area contributed by atoms with Gasteiger partial charge in [0.05, 0.1) is 12.5 Å². The SMILES string of the molecule is O=C1CCCC(C(=O)c2cncn2C2CC2)C1.